The second kappa shape index (κ2) is 6.53. The van der Waals surface area contributed by atoms with Gasteiger partial charge in [-0.05, 0) is 57.5 Å². The fourth-order valence-corrected chi connectivity index (χ4v) is 2.41. The van der Waals surface area contributed by atoms with E-state index in [0.717, 1.165) is 17.4 Å². The first kappa shape index (κ1) is 16.2. The third-order valence-corrected chi connectivity index (χ3v) is 4.14. The Morgan fingerprint density at radius 2 is 2.05 bits per heavy atom. The van der Waals surface area contributed by atoms with Crippen molar-refractivity contribution in [1.82, 2.24) is 4.90 Å². The number of hydrogen-bond acceptors (Lipinski definition) is 2. The van der Waals surface area contributed by atoms with E-state index in [4.69, 9.17) is 5.11 Å². The maximum absolute atomic E-state index is 10.9. The van der Waals surface area contributed by atoms with Gasteiger partial charge in [0.25, 0.3) is 0 Å². The molecule has 1 N–H and O–H groups in total. The zero-order valence-corrected chi connectivity index (χ0v) is 13.6. The van der Waals surface area contributed by atoms with Crippen molar-refractivity contribution >= 4 is 21.9 Å². The minimum Gasteiger partial charge on any atom is -0.481 e. The zero-order chi connectivity index (χ0) is 14.6. The van der Waals surface area contributed by atoms with E-state index in [9.17, 15) is 4.79 Å². The molecular formula is C15H22BrNO2. The van der Waals surface area contributed by atoms with Crippen LogP contribution in [0.25, 0.3) is 0 Å². The summed E-state index contributed by atoms with van der Waals surface area (Å²) in [6.07, 6.45) is 1.08. The van der Waals surface area contributed by atoms with Crippen LogP contribution in [0.5, 0.6) is 0 Å². The molecule has 4 heteroatoms. The third-order valence-electron chi connectivity index (χ3n) is 3.64. The smallest absolute Gasteiger partial charge is 0.305 e. The molecule has 0 atom stereocenters. The van der Waals surface area contributed by atoms with Gasteiger partial charge < -0.3 is 10.0 Å². The van der Waals surface area contributed by atoms with Crippen LogP contribution in [0.1, 0.15) is 31.4 Å². The van der Waals surface area contributed by atoms with Crippen molar-refractivity contribution in [1.29, 1.82) is 0 Å². The van der Waals surface area contributed by atoms with Crippen LogP contribution < -0.4 is 0 Å². The van der Waals surface area contributed by atoms with Crippen molar-refractivity contribution in [2.75, 3.05) is 13.6 Å². The summed E-state index contributed by atoms with van der Waals surface area (Å²) in [4.78, 5) is 13.0. The molecule has 0 aliphatic heterocycles. The summed E-state index contributed by atoms with van der Waals surface area (Å²) in [6.45, 7) is 6.88. The highest BCUT2D eigenvalue weighted by Crippen LogP contribution is 2.20. The molecule has 19 heavy (non-hydrogen) atoms. The second-order valence-corrected chi connectivity index (χ2v) is 6.54. The highest BCUT2D eigenvalue weighted by Gasteiger charge is 2.26. The lowest BCUT2D eigenvalue weighted by Crippen LogP contribution is -2.43. The largest absolute Gasteiger partial charge is 0.481 e. The molecule has 1 aromatic rings. The molecule has 0 aromatic heterocycles. The molecule has 0 aliphatic rings. The number of halogens is 1. The van der Waals surface area contributed by atoms with Gasteiger partial charge in [0.1, 0.15) is 0 Å². The molecule has 0 fully saturated rings. The van der Waals surface area contributed by atoms with Gasteiger partial charge in [-0.15, -0.1) is 0 Å². The Hall–Kier alpha value is -0.870. The van der Waals surface area contributed by atoms with Gasteiger partial charge in [0.2, 0.25) is 0 Å². The number of aryl methyl sites for hydroxylation is 1. The van der Waals surface area contributed by atoms with E-state index in [1.165, 1.54) is 11.1 Å². The number of rotatable bonds is 6. The summed E-state index contributed by atoms with van der Waals surface area (Å²) in [5.74, 6) is -0.754. The number of benzene rings is 1. The minimum atomic E-state index is -0.754. The Balaban J connectivity index is 2.65. The maximum atomic E-state index is 10.9. The second-order valence-electron chi connectivity index (χ2n) is 5.63. The number of carbonyl (C=O) groups is 1. The molecule has 0 radical (unpaired) electrons. The van der Waals surface area contributed by atoms with Crippen LogP contribution in [0.4, 0.5) is 0 Å². The summed E-state index contributed by atoms with van der Waals surface area (Å²) in [7, 11) is 1.98. The highest BCUT2D eigenvalue weighted by atomic mass is 79.9. The third kappa shape index (κ3) is 4.96. The van der Waals surface area contributed by atoms with Gasteiger partial charge in [-0.25, -0.2) is 0 Å². The molecule has 0 bridgehead atoms. The van der Waals surface area contributed by atoms with E-state index in [1.807, 2.05) is 27.0 Å². The number of aliphatic carboxylic acids is 1. The topological polar surface area (TPSA) is 40.5 Å². The molecule has 0 spiro atoms. The first-order valence-electron chi connectivity index (χ1n) is 6.40. The van der Waals surface area contributed by atoms with Gasteiger partial charge in [0.05, 0.1) is 6.42 Å². The van der Waals surface area contributed by atoms with Gasteiger partial charge in [0.15, 0.2) is 0 Å². The van der Waals surface area contributed by atoms with Crippen molar-refractivity contribution < 1.29 is 9.90 Å². The van der Waals surface area contributed by atoms with E-state index in [-0.39, 0.29) is 12.0 Å². The van der Waals surface area contributed by atoms with Crippen molar-refractivity contribution in [2.45, 2.75) is 39.2 Å². The van der Waals surface area contributed by atoms with Crippen molar-refractivity contribution in [3.63, 3.8) is 0 Å². The molecule has 0 unspecified atom stereocenters. The van der Waals surface area contributed by atoms with E-state index in [2.05, 4.69) is 39.9 Å². The first-order valence-corrected chi connectivity index (χ1v) is 7.20. The van der Waals surface area contributed by atoms with Crippen LogP contribution in [0.15, 0.2) is 22.7 Å². The van der Waals surface area contributed by atoms with Gasteiger partial charge in [-0.1, -0.05) is 22.0 Å². The lowest BCUT2D eigenvalue weighted by molar-refractivity contribution is -0.139. The fraction of sp³-hybridized carbons (Fsp3) is 0.533. The summed E-state index contributed by atoms with van der Waals surface area (Å²) in [5.41, 5.74) is 2.24. The molecule has 1 rings (SSSR count). The lowest BCUT2D eigenvalue weighted by Gasteiger charge is -2.34. The van der Waals surface area contributed by atoms with Crippen LogP contribution in [0.2, 0.25) is 0 Å². The molecule has 0 amide bonds. The van der Waals surface area contributed by atoms with Crippen LogP contribution in [0.3, 0.4) is 0 Å². The SMILES string of the molecule is Cc1ccc(Br)cc1CCN(C)C(C)(C)CC(=O)O. The predicted octanol–water partition coefficient (Wildman–Crippen LogP) is 3.49. The van der Waals surface area contributed by atoms with Crippen LogP contribution in [-0.2, 0) is 11.2 Å². The number of nitrogens with zero attached hydrogens (tertiary/aromatic N) is 1. The number of carboxylic acids is 1. The summed E-state index contributed by atoms with van der Waals surface area (Å²) in [6, 6.07) is 6.27. The summed E-state index contributed by atoms with van der Waals surface area (Å²) in [5, 5.41) is 8.93. The Labute approximate surface area is 123 Å². The number of carboxylic acid groups (broad SMARTS) is 1. The lowest BCUT2D eigenvalue weighted by atomic mass is 9.97. The number of hydrogen-bond donors (Lipinski definition) is 1. The van der Waals surface area contributed by atoms with Crippen LogP contribution in [0, 0.1) is 6.92 Å². The molecular weight excluding hydrogens is 306 g/mol. The van der Waals surface area contributed by atoms with Crippen molar-refractivity contribution in [2.24, 2.45) is 0 Å². The van der Waals surface area contributed by atoms with Gasteiger partial charge in [0, 0.05) is 16.6 Å². The molecule has 1 aromatic carbocycles. The average Bonchev–Trinajstić information content (AvgIpc) is 2.28. The molecule has 0 heterocycles. The Morgan fingerprint density at radius 3 is 2.63 bits per heavy atom. The summed E-state index contributed by atoms with van der Waals surface area (Å²) < 4.78 is 1.08. The van der Waals surface area contributed by atoms with E-state index in [0.29, 0.717) is 0 Å². The van der Waals surface area contributed by atoms with E-state index in [1.54, 1.807) is 0 Å². The molecule has 3 nitrogen and oxygen atoms in total. The highest BCUT2D eigenvalue weighted by molar-refractivity contribution is 9.10. The fourth-order valence-electron chi connectivity index (χ4n) is 2.01. The standard InChI is InChI=1S/C15H22BrNO2/c1-11-5-6-13(16)9-12(11)7-8-17(4)15(2,3)10-14(18)19/h5-6,9H,7-8,10H2,1-4H3,(H,18,19). The van der Waals surface area contributed by atoms with Crippen LogP contribution in [-0.4, -0.2) is 35.1 Å². The summed E-state index contributed by atoms with van der Waals surface area (Å²) >= 11 is 3.48. The minimum absolute atomic E-state index is 0.154. The number of likely N-dealkylation sites (N-methyl/N-ethyl adjacent to an activating group) is 1. The van der Waals surface area contributed by atoms with Crippen molar-refractivity contribution in [3.8, 4) is 0 Å². The molecule has 0 saturated carbocycles. The Kier molecular flexibility index (Phi) is 5.56. The van der Waals surface area contributed by atoms with Crippen LogP contribution >= 0.6 is 15.9 Å². The molecule has 0 aliphatic carbocycles. The zero-order valence-electron chi connectivity index (χ0n) is 12.0. The quantitative estimate of drug-likeness (QED) is 0.869. The Bertz CT molecular complexity index is 457. The monoisotopic (exact) mass is 327 g/mol. The predicted molar refractivity (Wildman–Crippen MR) is 81.5 cm³/mol. The average molecular weight is 328 g/mol. The molecule has 0 saturated heterocycles. The first-order chi connectivity index (χ1) is 8.72. The normalized spacial score (nSPS) is 11.9. The van der Waals surface area contributed by atoms with E-state index >= 15 is 0 Å². The van der Waals surface area contributed by atoms with Gasteiger partial charge >= 0.3 is 5.97 Å². The van der Waals surface area contributed by atoms with Gasteiger partial charge in [-0.2, -0.15) is 0 Å². The molecule has 106 valence electrons. The van der Waals surface area contributed by atoms with Crippen molar-refractivity contribution in [3.05, 3.63) is 33.8 Å². The van der Waals surface area contributed by atoms with Gasteiger partial charge in [-0.3, -0.25) is 4.79 Å². The maximum Gasteiger partial charge on any atom is 0.305 e. The Morgan fingerprint density at radius 1 is 1.42 bits per heavy atom. The van der Waals surface area contributed by atoms with E-state index < -0.39 is 5.97 Å².